The Morgan fingerprint density at radius 3 is 2.67 bits per heavy atom. The number of rotatable bonds is 2. The lowest BCUT2D eigenvalue weighted by Gasteiger charge is -2.06. The Morgan fingerprint density at radius 2 is 2.00 bits per heavy atom. The number of hydrogen-bond donors (Lipinski definition) is 2. The molecular formula is C13H12ClN3O. The van der Waals surface area contributed by atoms with Gasteiger partial charge in [0.2, 0.25) is 0 Å². The molecule has 0 radical (unpaired) electrons. The third-order valence-electron chi connectivity index (χ3n) is 2.97. The summed E-state index contributed by atoms with van der Waals surface area (Å²) in [5, 5.41) is 9.68. The number of phenolic OH excluding ortho intramolecular Hbond substituents is 1. The maximum Gasteiger partial charge on any atom is 0.161 e. The van der Waals surface area contributed by atoms with Gasteiger partial charge >= 0.3 is 0 Å². The van der Waals surface area contributed by atoms with E-state index >= 15 is 0 Å². The number of phenols is 1. The Morgan fingerprint density at radius 1 is 1.22 bits per heavy atom. The second-order valence-corrected chi connectivity index (χ2v) is 4.89. The lowest BCUT2D eigenvalue weighted by atomic mass is 10.2. The van der Waals surface area contributed by atoms with Crippen molar-refractivity contribution >= 4 is 17.4 Å². The summed E-state index contributed by atoms with van der Waals surface area (Å²) in [6.45, 7) is 0. The van der Waals surface area contributed by atoms with E-state index < -0.39 is 0 Å². The number of nitrogens with two attached hydrogens (primary N) is 1. The molecule has 5 heteroatoms. The molecule has 1 fully saturated rings. The van der Waals surface area contributed by atoms with E-state index in [2.05, 4.69) is 9.97 Å². The predicted octanol–water partition coefficient (Wildman–Crippen LogP) is 2.96. The zero-order valence-electron chi connectivity index (χ0n) is 9.60. The van der Waals surface area contributed by atoms with Crippen molar-refractivity contribution in [3.05, 3.63) is 35.0 Å². The Balaban J connectivity index is 2.07. The normalized spacial score (nSPS) is 14.7. The fraction of sp³-hybridized carbons (Fsp3) is 0.231. The maximum atomic E-state index is 9.40. The van der Waals surface area contributed by atoms with Gasteiger partial charge in [-0.15, -0.1) is 0 Å². The number of aromatic hydroxyl groups is 1. The first-order chi connectivity index (χ1) is 8.63. The lowest BCUT2D eigenvalue weighted by molar-refractivity contribution is 0.475. The molecule has 2 aromatic rings. The molecule has 92 valence electrons. The SMILES string of the molecule is Nc1cc(C2CC2)nc(-c2ccc(O)c(Cl)c2)n1. The van der Waals surface area contributed by atoms with E-state index in [4.69, 9.17) is 17.3 Å². The molecule has 18 heavy (non-hydrogen) atoms. The Hall–Kier alpha value is -1.81. The van der Waals surface area contributed by atoms with Gasteiger partial charge in [0.1, 0.15) is 11.6 Å². The number of aromatic nitrogens is 2. The summed E-state index contributed by atoms with van der Waals surface area (Å²) in [4.78, 5) is 8.72. The molecule has 1 saturated carbocycles. The number of benzene rings is 1. The smallest absolute Gasteiger partial charge is 0.161 e. The fourth-order valence-electron chi connectivity index (χ4n) is 1.85. The van der Waals surface area contributed by atoms with Crippen LogP contribution in [0.25, 0.3) is 11.4 Å². The van der Waals surface area contributed by atoms with E-state index in [1.807, 2.05) is 6.07 Å². The van der Waals surface area contributed by atoms with E-state index in [1.54, 1.807) is 12.1 Å². The van der Waals surface area contributed by atoms with Crippen molar-refractivity contribution in [1.29, 1.82) is 0 Å². The average Bonchev–Trinajstić information content (AvgIpc) is 3.16. The molecule has 0 amide bonds. The molecular weight excluding hydrogens is 250 g/mol. The van der Waals surface area contributed by atoms with Crippen LogP contribution in [0, 0.1) is 0 Å². The van der Waals surface area contributed by atoms with E-state index in [1.165, 1.54) is 6.07 Å². The van der Waals surface area contributed by atoms with E-state index in [9.17, 15) is 5.11 Å². The quantitative estimate of drug-likeness (QED) is 0.872. The number of hydrogen-bond acceptors (Lipinski definition) is 4. The predicted molar refractivity (Wildman–Crippen MR) is 70.5 cm³/mol. The average molecular weight is 262 g/mol. The minimum Gasteiger partial charge on any atom is -0.506 e. The Kier molecular flexibility index (Phi) is 2.59. The lowest BCUT2D eigenvalue weighted by Crippen LogP contribution is -1.99. The van der Waals surface area contributed by atoms with Crippen LogP contribution >= 0.6 is 11.6 Å². The molecule has 4 nitrogen and oxygen atoms in total. The van der Waals surface area contributed by atoms with Crippen molar-refractivity contribution in [1.82, 2.24) is 9.97 Å². The van der Waals surface area contributed by atoms with Gasteiger partial charge in [0, 0.05) is 23.2 Å². The second-order valence-electron chi connectivity index (χ2n) is 4.48. The first kappa shape index (κ1) is 11.3. The summed E-state index contributed by atoms with van der Waals surface area (Å²) in [6, 6.07) is 6.72. The molecule has 0 atom stereocenters. The summed E-state index contributed by atoms with van der Waals surface area (Å²) in [7, 11) is 0. The highest BCUT2D eigenvalue weighted by molar-refractivity contribution is 6.32. The van der Waals surface area contributed by atoms with Gasteiger partial charge < -0.3 is 10.8 Å². The summed E-state index contributed by atoms with van der Waals surface area (Å²) in [5.74, 6) is 1.58. The molecule has 0 unspecified atom stereocenters. The van der Waals surface area contributed by atoms with Crippen molar-refractivity contribution in [3.8, 4) is 17.1 Å². The van der Waals surface area contributed by atoms with Crippen molar-refractivity contribution in [3.63, 3.8) is 0 Å². The topological polar surface area (TPSA) is 72.0 Å². The number of anilines is 1. The highest BCUT2D eigenvalue weighted by Crippen LogP contribution is 2.40. The maximum absolute atomic E-state index is 9.40. The third kappa shape index (κ3) is 2.11. The van der Waals surface area contributed by atoms with Gasteiger partial charge in [-0.3, -0.25) is 0 Å². The van der Waals surface area contributed by atoms with Crippen LogP contribution in [0.2, 0.25) is 5.02 Å². The largest absolute Gasteiger partial charge is 0.506 e. The molecule has 1 aliphatic rings. The first-order valence-electron chi connectivity index (χ1n) is 5.77. The highest BCUT2D eigenvalue weighted by Gasteiger charge is 2.26. The van der Waals surface area contributed by atoms with Crippen LogP contribution in [0.3, 0.4) is 0 Å². The summed E-state index contributed by atoms with van der Waals surface area (Å²) in [5.41, 5.74) is 7.54. The van der Waals surface area contributed by atoms with Crippen LogP contribution in [0.15, 0.2) is 24.3 Å². The van der Waals surface area contributed by atoms with E-state index in [0.29, 0.717) is 17.6 Å². The highest BCUT2D eigenvalue weighted by atomic mass is 35.5. The van der Waals surface area contributed by atoms with E-state index in [-0.39, 0.29) is 10.8 Å². The molecule has 0 bridgehead atoms. The first-order valence-corrected chi connectivity index (χ1v) is 6.14. The third-order valence-corrected chi connectivity index (χ3v) is 3.27. The van der Waals surface area contributed by atoms with Crippen molar-refractivity contribution in [2.45, 2.75) is 18.8 Å². The standard InChI is InChI=1S/C13H12ClN3O/c14-9-5-8(3-4-11(9)18)13-16-10(7-1-2-7)6-12(15)17-13/h3-7,18H,1-2H2,(H2,15,16,17). The summed E-state index contributed by atoms with van der Waals surface area (Å²) < 4.78 is 0. The van der Waals surface area contributed by atoms with Gasteiger partial charge in [-0.25, -0.2) is 9.97 Å². The van der Waals surface area contributed by atoms with Gasteiger partial charge in [-0.2, -0.15) is 0 Å². The van der Waals surface area contributed by atoms with Crippen molar-refractivity contribution in [2.24, 2.45) is 0 Å². The molecule has 1 heterocycles. The minimum atomic E-state index is 0.0479. The monoisotopic (exact) mass is 261 g/mol. The fourth-order valence-corrected chi connectivity index (χ4v) is 2.03. The van der Waals surface area contributed by atoms with Gasteiger partial charge in [-0.1, -0.05) is 11.6 Å². The van der Waals surface area contributed by atoms with Crippen LogP contribution in [-0.4, -0.2) is 15.1 Å². The van der Waals surface area contributed by atoms with Gasteiger partial charge in [0.25, 0.3) is 0 Å². The Labute approximate surface area is 109 Å². The zero-order chi connectivity index (χ0) is 12.7. The molecule has 3 N–H and O–H groups in total. The molecule has 0 saturated heterocycles. The van der Waals surface area contributed by atoms with Gasteiger partial charge in [0.15, 0.2) is 5.82 Å². The molecule has 0 spiro atoms. The van der Waals surface area contributed by atoms with Crippen LogP contribution in [0.5, 0.6) is 5.75 Å². The molecule has 0 aliphatic heterocycles. The van der Waals surface area contributed by atoms with Crippen molar-refractivity contribution in [2.75, 3.05) is 5.73 Å². The number of nitrogens with zero attached hydrogens (tertiary/aromatic N) is 2. The van der Waals surface area contributed by atoms with Gasteiger partial charge in [-0.05, 0) is 31.0 Å². The molecule has 1 aromatic carbocycles. The van der Waals surface area contributed by atoms with Crippen LogP contribution in [-0.2, 0) is 0 Å². The second kappa shape index (κ2) is 4.14. The van der Waals surface area contributed by atoms with Crippen LogP contribution in [0.4, 0.5) is 5.82 Å². The molecule has 1 aromatic heterocycles. The zero-order valence-corrected chi connectivity index (χ0v) is 10.4. The molecule has 1 aliphatic carbocycles. The number of halogens is 1. The van der Waals surface area contributed by atoms with Gasteiger partial charge in [0.05, 0.1) is 5.02 Å². The van der Waals surface area contributed by atoms with E-state index in [0.717, 1.165) is 24.1 Å². The minimum absolute atomic E-state index is 0.0479. The van der Waals surface area contributed by atoms with Crippen LogP contribution in [0.1, 0.15) is 24.5 Å². The summed E-state index contributed by atoms with van der Waals surface area (Å²) in [6.07, 6.45) is 2.32. The Bertz CT molecular complexity index is 611. The van der Waals surface area contributed by atoms with Crippen molar-refractivity contribution < 1.29 is 5.11 Å². The number of nitrogen functional groups attached to an aromatic ring is 1. The molecule has 3 rings (SSSR count). The van der Waals surface area contributed by atoms with Crippen LogP contribution < -0.4 is 5.73 Å². The summed E-state index contributed by atoms with van der Waals surface area (Å²) >= 11 is 5.88.